The summed E-state index contributed by atoms with van der Waals surface area (Å²) < 4.78 is 42.2. The summed E-state index contributed by atoms with van der Waals surface area (Å²) in [6.07, 6.45) is 1.46. The van der Waals surface area contributed by atoms with E-state index in [-0.39, 0.29) is 17.0 Å². The molecule has 31 heavy (non-hydrogen) atoms. The van der Waals surface area contributed by atoms with Crippen LogP contribution in [0.3, 0.4) is 0 Å². The average molecular weight is 439 g/mol. The molecule has 3 aromatic rings. The minimum atomic E-state index is -4.06. The highest BCUT2D eigenvalue weighted by Crippen LogP contribution is 2.26. The summed E-state index contributed by atoms with van der Waals surface area (Å²) in [5.74, 6) is -1.53. The summed E-state index contributed by atoms with van der Waals surface area (Å²) in [6.45, 7) is 7.39. The van der Waals surface area contributed by atoms with Gasteiger partial charge in [-0.3, -0.25) is 9.10 Å². The van der Waals surface area contributed by atoms with Crippen LogP contribution in [-0.4, -0.2) is 20.9 Å². The second-order valence-electron chi connectivity index (χ2n) is 7.00. The Balaban J connectivity index is 2.00. The number of para-hydroxylation sites is 1. The van der Waals surface area contributed by atoms with Crippen LogP contribution >= 0.6 is 0 Å². The van der Waals surface area contributed by atoms with Crippen molar-refractivity contribution in [3.63, 3.8) is 0 Å². The number of sulfonamides is 1. The van der Waals surface area contributed by atoms with Gasteiger partial charge in [0.1, 0.15) is 5.82 Å². The van der Waals surface area contributed by atoms with Gasteiger partial charge in [0.05, 0.1) is 22.7 Å². The van der Waals surface area contributed by atoms with Gasteiger partial charge >= 0.3 is 0 Å². The molecule has 0 saturated carbocycles. The Kier molecular flexibility index (Phi) is 6.56. The monoisotopic (exact) mass is 438 g/mol. The fourth-order valence-corrected chi connectivity index (χ4v) is 4.56. The van der Waals surface area contributed by atoms with Crippen molar-refractivity contribution in [2.24, 2.45) is 0 Å². The first-order valence-corrected chi connectivity index (χ1v) is 11.1. The van der Waals surface area contributed by atoms with E-state index in [1.54, 1.807) is 42.5 Å². The third-order valence-electron chi connectivity index (χ3n) is 4.96. The minimum absolute atomic E-state index is 0.0216. The second kappa shape index (κ2) is 9.14. The van der Waals surface area contributed by atoms with Crippen molar-refractivity contribution in [3.8, 4) is 0 Å². The van der Waals surface area contributed by atoms with E-state index in [9.17, 15) is 17.6 Å². The molecule has 0 aliphatic heterocycles. The number of benzene rings is 3. The van der Waals surface area contributed by atoms with Crippen LogP contribution in [0.25, 0.3) is 0 Å². The van der Waals surface area contributed by atoms with Crippen LogP contribution in [0.5, 0.6) is 0 Å². The topological polar surface area (TPSA) is 66.5 Å². The molecule has 5 nitrogen and oxygen atoms in total. The van der Waals surface area contributed by atoms with Crippen LogP contribution in [0.4, 0.5) is 15.8 Å². The lowest BCUT2D eigenvalue weighted by Gasteiger charge is -2.23. The predicted octanol–water partition coefficient (Wildman–Crippen LogP) is 5.08. The summed E-state index contributed by atoms with van der Waals surface area (Å²) >= 11 is 0. The van der Waals surface area contributed by atoms with Crippen LogP contribution < -0.4 is 9.62 Å². The first kappa shape index (κ1) is 22.2. The van der Waals surface area contributed by atoms with Gasteiger partial charge in [-0.15, -0.1) is 6.58 Å². The van der Waals surface area contributed by atoms with Gasteiger partial charge in [0.25, 0.3) is 15.9 Å². The Hall–Kier alpha value is -3.45. The van der Waals surface area contributed by atoms with E-state index in [1.165, 1.54) is 6.08 Å². The maximum atomic E-state index is 14.5. The van der Waals surface area contributed by atoms with E-state index in [0.717, 1.165) is 33.6 Å². The Bertz CT molecular complexity index is 1220. The number of aryl methyl sites for hydroxylation is 1. The van der Waals surface area contributed by atoms with Crippen molar-refractivity contribution in [1.29, 1.82) is 0 Å². The molecule has 160 valence electrons. The zero-order valence-electron chi connectivity index (χ0n) is 17.3. The third kappa shape index (κ3) is 4.67. The van der Waals surface area contributed by atoms with Crippen molar-refractivity contribution < 1.29 is 17.6 Å². The van der Waals surface area contributed by atoms with Gasteiger partial charge in [0, 0.05) is 5.69 Å². The number of rotatable bonds is 7. The molecule has 1 amide bonds. The fourth-order valence-electron chi connectivity index (χ4n) is 3.10. The van der Waals surface area contributed by atoms with Crippen LogP contribution in [0.1, 0.15) is 21.5 Å². The summed E-state index contributed by atoms with van der Waals surface area (Å²) in [5.41, 5.74) is 2.44. The number of anilines is 2. The highest BCUT2D eigenvalue weighted by atomic mass is 32.2. The summed E-state index contributed by atoms with van der Waals surface area (Å²) in [4.78, 5) is 12.6. The predicted molar refractivity (Wildman–Crippen MR) is 121 cm³/mol. The van der Waals surface area contributed by atoms with Crippen molar-refractivity contribution in [1.82, 2.24) is 0 Å². The molecule has 0 bridgehead atoms. The molecule has 0 fully saturated rings. The maximum absolute atomic E-state index is 14.5. The average Bonchev–Trinajstić information content (AvgIpc) is 2.75. The highest BCUT2D eigenvalue weighted by molar-refractivity contribution is 7.92. The lowest BCUT2D eigenvalue weighted by molar-refractivity contribution is 0.102. The third-order valence-corrected chi connectivity index (χ3v) is 6.75. The number of nitrogens with zero attached hydrogens (tertiary/aromatic N) is 1. The van der Waals surface area contributed by atoms with Gasteiger partial charge in [0.15, 0.2) is 0 Å². The Morgan fingerprint density at radius 2 is 1.77 bits per heavy atom. The van der Waals surface area contributed by atoms with Crippen molar-refractivity contribution in [2.75, 3.05) is 16.2 Å². The fraction of sp³-hybridized carbons (Fsp3) is 0.125. The largest absolute Gasteiger partial charge is 0.322 e. The Morgan fingerprint density at radius 3 is 2.45 bits per heavy atom. The zero-order valence-corrected chi connectivity index (χ0v) is 18.1. The van der Waals surface area contributed by atoms with Gasteiger partial charge < -0.3 is 5.32 Å². The van der Waals surface area contributed by atoms with Gasteiger partial charge in [-0.2, -0.15) is 0 Å². The van der Waals surface area contributed by atoms with Crippen molar-refractivity contribution >= 4 is 27.3 Å². The van der Waals surface area contributed by atoms with Crippen LogP contribution in [0.15, 0.2) is 84.3 Å². The smallest absolute Gasteiger partial charge is 0.264 e. The number of halogens is 1. The SMILES string of the molecule is C=CCN(c1ccccc1)S(=O)(=O)c1ccc(F)c(C(=O)Nc2cccc(C)c2C)c1. The van der Waals surface area contributed by atoms with Crippen LogP contribution in [-0.2, 0) is 10.0 Å². The van der Waals surface area contributed by atoms with Gasteiger partial charge in [-0.05, 0) is 61.4 Å². The lowest BCUT2D eigenvalue weighted by Crippen LogP contribution is -2.31. The Labute approximate surface area is 181 Å². The minimum Gasteiger partial charge on any atom is -0.322 e. The molecule has 0 aliphatic rings. The molecular formula is C24H23FN2O3S. The molecule has 0 atom stereocenters. The highest BCUT2D eigenvalue weighted by Gasteiger charge is 2.26. The molecule has 0 unspecified atom stereocenters. The summed E-state index contributed by atoms with van der Waals surface area (Å²) in [5, 5.41) is 2.67. The van der Waals surface area contributed by atoms with E-state index >= 15 is 0 Å². The van der Waals surface area contributed by atoms with E-state index in [0.29, 0.717) is 11.4 Å². The quantitative estimate of drug-likeness (QED) is 0.524. The van der Waals surface area contributed by atoms with Gasteiger partial charge in [-0.1, -0.05) is 36.4 Å². The molecule has 0 aliphatic carbocycles. The van der Waals surface area contributed by atoms with E-state index in [2.05, 4.69) is 11.9 Å². The number of hydrogen-bond acceptors (Lipinski definition) is 3. The van der Waals surface area contributed by atoms with E-state index < -0.39 is 21.7 Å². The zero-order chi connectivity index (χ0) is 22.6. The van der Waals surface area contributed by atoms with Gasteiger partial charge in [-0.25, -0.2) is 12.8 Å². The molecule has 0 radical (unpaired) electrons. The Morgan fingerprint density at radius 1 is 1.06 bits per heavy atom. The lowest BCUT2D eigenvalue weighted by atomic mass is 10.1. The molecule has 0 aromatic heterocycles. The normalized spacial score (nSPS) is 11.1. The molecule has 3 aromatic carbocycles. The van der Waals surface area contributed by atoms with E-state index in [1.807, 2.05) is 19.9 Å². The number of nitrogens with one attached hydrogen (secondary N) is 1. The van der Waals surface area contributed by atoms with Crippen molar-refractivity contribution in [2.45, 2.75) is 18.7 Å². The first-order valence-electron chi connectivity index (χ1n) is 9.61. The van der Waals surface area contributed by atoms with Crippen molar-refractivity contribution in [3.05, 3.63) is 102 Å². The first-order chi connectivity index (χ1) is 14.8. The summed E-state index contributed by atoms with van der Waals surface area (Å²) in [7, 11) is -4.06. The molecule has 7 heteroatoms. The number of hydrogen-bond donors (Lipinski definition) is 1. The molecule has 3 rings (SSSR count). The summed E-state index contributed by atoms with van der Waals surface area (Å²) in [6, 6.07) is 17.1. The number of amides is 1. The molecule has 0 heterocycles. The number of carbonyl (C=O) groups excluding carboxylic acids is 1. The molecule has 0 spiro atoms. The van der Waals surface area contributed by atoms with E-state index in [4.69, 9.17) is 0 Å². The molecule has 0 saturated heterocycles. The molecule has 1 N–H and O–H groups in total. The van der Waals surface area contributed by atoms with Gasteiger partial charge in [0.2, 0.25) is 0 Å². The van der Waals surface area contributed by atoms with Crippen LogP contribution in [0, 0.1) is 19.7 Å². The standard InChI is InChI=1S/C24H23FN2O3S/c1-4-15-27(19-10-6-5-7-11-19)31(29,30)20-13-14-22(25)21(16-20)24(28)26-23-12-8-9-17(2)18(23)3/h4-14,16H,1,15H2,2-3H3,(H,26,28). The second-order valence-corrected chi connectivity index (χ2v) is 8.87. The molecular weight excluding hydrogens is 415 g/mol. The number of carbonyl (C=O) groups is 1. The van der Waals surface area contributed by atoms with Crippen LogP contribution in [0.2, 0.25) is 0 Å². The maximum Gasteiger partial charge on any atom is 0.264 e.